The Morgan fingerprint density at radius 3 is 2.74 bits per heavy atom. The number of nitrogens with zero attached hydrogens (tertiary/aromatic N) is 1. The molecular formula is C14H9Cl2FN2. The molecule has 1 N–H and O–H groups in total. The van der Waals surface area contributed by atoms with E-state index < -0.39 is 0 Å². The predicted octanol–water partition coefficient (Wildman–Crippen LogP) is 4.62. The Morgan fingerprint density at radius 2 is 2.00 bits per heavy atom. The van der Waals surface area contributed by atoms with Crippen molar-refractivity contribution in [3.05, 3.63) is 63.4 Å². The van der Waals surface area contributed by atoms with Gasteiger partial charge in [0.2, 0.25) is 0 Å². The van der Waals surface area contributed by atoms with Crippen LogP contribution in [0.25, 0.3) is 0 Å². The van der Waals surface area contributed by atoms with Crippen LogP contribution < -0.4 is 5.32 Å². The average Bonchev–Trinajstić information content (AvgIpc) is 2.40. The Hall–Kier alpha value is -1.76. The highest BCUT2D eigenvalue weighted by atomic mass is 35.5. The topological polar surface area (TPSA) is 35.8 Å². The minimum Gasteiger partial charge on any atom is -0.380 e. The molecule has 0 spiro atoms. The summed E-state index contributed by atoms with van der Waals surface area (Å²) in [6.45, 7) is 0.292. The van der Waals surface area contributed by atoms with E-state index in [1.165, 1.54) is 18.2 Å². The van der Waals surface area contributed by atoms with Crippen molar-refractivity contribution in [1.29, 1.82) is 5.26 Å². The number of benzene rings is 2. The van der Waals surface area contributed by atoms with Gasteiger partial charge in [-0.05, 0) is 35.9 Å². The minimum absolute atomic E-state index is 0.292. The van der Waals surface area contributed by atoms with Gasteiger partial charge in [0, 0.05) is 6.54 Å². The Morgan fingerprint density at radius 1 is 1.21 bits per heavy atom. The maximum Gasteiger partial charge on any atom is 0.123 e. The molecule has 0 fully saturated rings. The summed E-state index contributed by atoms with van der Waals surface area (Å²) in [7, 11) is 0. The van der Waals surface area contributed by atoms with Crippen molar-refractivity contribution in [2.24, 2.45) is 0 Å². The van der Waals surface area contributed by atoms with Gasteiger partial charge in [0.1, 0.15) is 5.82 Å². The summed E-state index contributed by atoms with van der Waals surface area (Å²) in [5, 5.41) is 12.8. The molecule has 2 aromatic rings. The van der Waals surface area contributed by atoms with E-state index >= 15 is 0 Å². The zero-order valence-corrected chi connectivity index (χ0v) is 11.3. The highest BCUT2D eigenvalue weighted by Gasteiger charge is 2.07. The van der Waals surface area contributed by atoms with E-state index in [2.05, 4.69) is 5.32 Å². The third kappa shape index (κ3) is 3.17. The lowest BCUT2D eigenvalue weighted by Crippen LogP contribution is -2.02. The number of hydrogen-bond acceptors (Lipinski definition) is 2. The second-order valence-corrected chi connectivity index (χ2v) is 4.65. The van der Waals surface area contributed by atoms with Crippen molar-refractivity contribution in [3.63, 3.8) is 0 Å². The largest absolute Gasteiger partial charge is 0.380 e. The summed E-state index contributed by atoms with van der Waals surface area (Å²) in [5.41, 5.74) is 1.63. The molecule has 19 heavy (non-hydrogen) atoms. The molecule has 0 aliphatic heterocycles. The smallest absolute Gasteiger partial charge is 0.123 e. The van der Waals surface area contributed by atoms with Gasteiger partial charge in [-0.1, -0.05) is 29.3 Å². The summed E-state index contributed by atoms with van der Waals surface area (Å²) in [6, 6.07) is 11.3. The molecule has 0 aromatic heterocycles. The van der Waals surface area contributed by atoms with Gasteiger partial charge in [0.15, 0.2) is 0 Å². The minimum atomic E-state index is -0.381. The molecule has 0 radical (unpaired) electrons. The highest BCUT2D eigenvalue weighted by Crippen LogP contribution is 2.30. The summed E-state index contributed by atoms with van der Waals surface area (Å²) in [6.07, 6.45) is 0. The van der Waals surface area contributed by atoms with E-state index in [-0.39, 0.29) is 5.82 Å². The molecule has 0 aliphatic rings. The molecule has 2 aromatic carbocycles. The van der Waals surface area contributed by atoms with Crippen LogP contribution in [0.4, 0.5) is 10.1 Å². The van der Waals surface area contributed by atoms with Gasteiger partial charge in [-0.2, -0.15) is 5.26 Å². The Labute approximate surface area is 120 Å². The van der Waals surface area contributed by atoms with E-state index in [4.69, 9.17) is 28.5 Å². The maximum absolute atomic E-state index is 13.2. The lowest BCUT2D eigenvalue weighted by molar-refractivity contribution is 0.625. The molecule has 5 heteroatoms. The molecule has 0 bridgehead atoms. The number of rotatable bonds is 3. The molecule has 0 amide bonds. The molecule has 2 rings (SSSR count). The first kappa shape index (κ1) is 13.7. The first-order valence-electron chi connectivity index (χ1n) is 5.48. The lowest BCUT2D eigenvalue weighted by atomic mass is 10.1. The summed E-state index contributed by atoms with van der Waals surface area (Å²) < 4.78 is 13.2. The SMILES string of the molecule is N#Cc1ccc(F)cc1CNc1cccc(Cl)c1Cl. The fourth-order valence-electron chi connectivity index (χ4n) is 1.65. The normalized spacial score (nSPS) is 10.0. The summed E-state index contributed by atoms with van der Waals surface area (Å²) in [5.74, 6) is -0.381. The first-order valence-corrected chi connectivity index (χ1v) is 6.24. The Balaban J connectivity index is 2.21. The monoisotopic (exact) mass is 294 g/mol. The van der Waals surface area contributed by atoms with Gasteiger partial charge in [-0.25, -0.2) is 4.39 Å². The number of halogens is 3. The van der Waals surface area contributed by atoms with Crippen LogP contribution in [0.5, 0.6) is 0 Å². The zero-order valence-electron chi connectivity index (χ0n) is 9.75. The van der Waals surface area contributed by atoms with Gasteiger partial charge in [0.25, 0.3) is 0 Å². The molecule has 0 saturated heterocycles. The van der Waals surface area contributed by atoms with E-state index in [1.807, 2.05) is 6.07 Å². The van der Waals surface area contributed by atoms with Crippen molar-refractivity contribution in [1.82, 2.24) is 0 Å². The quantitative estimate of drug-likeness (QED) is 0.897. The average molecular weight is 295 g/mol. The second-order valence-electron chi connectivity index (χ2n) is 3.87. The molecular weight excluding hydrogens is 286 g/mol. The molecule has 0 aliphatic carbocycles. The zero-order chi connectivity index (χ0) is 13.8. The van der Waals surface area contributed by atoms with E-state index in [0.29, 0.717) is 33.4 Å². The van der Waals surface area contributed by atoms with Gasteiger partial charge < -0.3 is 5.32 Å². The van der Waals surface area contributed by atoms with Crippen LogP contribution in [0.2, 0.25) is 10.0 Å². The third-order valence-electron chi connectivity index (χ3n) is 2.61. The van der Waals surface area contributed by atoms with E-state index in [1.54, 1.807) is 18.2 Å². The molecule has 0 unspecified atom stereocenters. The predicted molar refractivity (Wildman–Crippen MR) is 74.9 cm³/mol. The molecule has 0 saturated carbocycles. The maximum atomic E-state index is 13.2. The van der Waals surface area contributed by atoms with Crippen LogP contribution in [0.15, 0.2) is 36.4 Å². The van der Waals surface area contributed by atoms with Gasteiger partial charge in [-0.3, -0.25) is 0 Å². The van der Waals surface area contributed by atoms with Crippen LogP contribution in [0.1, 0.15) is 11.1 Å². The molecule has 96 valence electrons. The van der Waals surface area contributed by atoms with Gasteiger partial charge in [0.05, 0.1) is 27.4 Å². The van der Waals surface area contributed by atoms with Crippen LogP contribution in [0.3, 0.4) is 0 Å². The number of nitriles is 1. The molecule has 0 heterocycles. The number of hydrogen-bond donors (Lipinski definition) is 1. The lowest BCUT2D eigenvalue weighted by Gasteiger charge is -2.10. The highest BCUT2D eigenvalue weighted by molar-refractivity contribution is 6.43. The van der Waals surface area contributed by atoms with Gasteiger partial charge >= 0.3 is 0 Å². The van der Waals surface area contributed by atoms with Crippen LogP contribution >= 0.6 is 23.2 Å². The molecule has 0 atom stereocenters. The Bertz CT molecular complexity index is 650. The Kier molecular flexibility index (Phi) is 4.26. The van der Waals surface area contributed by atoms with Crippen molar-refractivity contribution >= 4 is 28.9 Å². The van der Waals surface area contributed by atoms with Crippen LogP contribution in [-0.2, 0) is 6.54 Å². The van der Waals surface area contributed by atoms with Crippen molar-refractivity contribution in [2.75, 3.05) is 5.32 Å². The van der Waals surface area contributed by atoms with Crippen molar-refractivity contribution in [2.45, 2.75) is 6.54 Å². The second kappa shape index (κ2) is 5.92. The number of anilines is 1. The van der Waals surface area contributed by atoms with Crippen molar-refractivity contribution in [3.8, 4) is 6.07 Å². The van der Waals surface area contributed by atoms with Crippen LogP contribution in [-0.4, -0.2) is 0 Å². The fourth-order valence-corrected chi connectivity index (χ4v) is 2.02. The van der Waals surface area contributed by atoms with Crippen LogP contribution in [0, 0.1) is 17.1 Å². The van der Waals surface area contributed by atoms with E-state index in [0.717, 1.165) is 0 Å². The fraction of sp³-hybridized carbons (Fsp3) is 0.0714. The summed E-state index contributed by atoms with van der Waals surface area (Å²) in [4.78, 5) is 0. The van der Waals surface area contributed by atoms with Crippen molar-refractivity contribution < 1.29 is 4.39 Å². The van der Waals surface area contributed by atoms with E-state index in [9.17, 15) is 4.39 Å². The molecule has 2 nitrogen and oxygen atoms in total. The summed E-state index contributed by atoms with van der Waals surface area (Å²) >= 11 is 11.9. The number of nitrogens with one attached hydrogen (secondary N) is 1. The van der Waals surface area contributed by atoms with Gasteiger partial charge in [-0.15, -0.1) is 0 Å². The third-order valence-corrected chi connectivity index (χ3v) is 3.43. The standard InChI is InChI=1S/C14H9Cl2FN2/c15-12-2-1-3-13(14(12)16)19-8-10-6-11(17)5-4-9(10)7-18/h1-6,19H,8H2. The first-order chi connectivity index (χ1) is 9.11.